The van der Waals surface area contributed by atoms with Crippen LogP contribution in [0.1, 0.15) is 16.7 Å². The Balaban J connectivity index is 1.31. The van der Waals surface area contributed by atoms with Crippen molar-refractivity contribution in [2.24, 2.45) is 0 Å². The molecule has 0 aliphatic carbocycles. The molecule has 2 aromatic heterocycles. The molecule has 7 nitrogen and oxygen atoms in total. The Labute approximate surface area is 169 Å². The van der Waals surface area contributed by atoms with Gasteiger partial charge in [-0.05, 0) is 41.0 Å². The number of urea groups is 1. The SMILES string of the molecule is O=C(NCc1cccc(Cn2cccn2)c1)Nc1cccc(Cn2cccn2)c1. The Morgan fingerprint density at radius 2 is 1.41 bits per heavy atom. The molecule has 7 heteroatoms. The van der Waals surface area contributed by atoms with Gasteiger partial charge in [-0.2, -0.15) is 10.2 Å². The molecule has 0 aliphatic rings. The average molecular weight is 386 g/mol. The van der Waals surface area contributed by atoms with Crippen molar-refractivity contribution >= 4 is 11.7 Å². The lowest BCUT2D eigenvalue weighted by Crippen LogP contribution is -2.28. The van der Waals surface area contributed by atoms with E-state index in [2.05, 4.69) is 33.0 Å². The molecule has 4 aromatic rings. The standard InChI is InChI=1S/C22H22N6O/c29-22(26-21-8-2-7-20(14-21)17-28-12-4-10-25-28)23-15-18-5-1-6-19(13-18)16-27-11-3-9-24-27/h1-14H,15-17H2,(H2,23,26,29). The summed E-state index contributed by atoms with van der Waals surface area (Å²) in [5.74, 6) is 0. The maximum absolute atomic E-state index is 12.3. The van der Waals surface area contributed by atoms with Crippen molar-refractivity contribution < 1.29 is 4.79 Å². The van der Waals surface area contributed by atoms with Crippen molar-refractivity contribution in [1.82, 2.24) is 24.9 Å². The smallest absolute Gasteiger partial charge is 0.319 e. The monoisotopic (exact) mass is 386 g/mol. The Hall–Kier alpha value is -3.87. The Morgan fingerprint density at radius 1 is 0.793 bits per heavy atom. The van der Waals surface area contributed by atoms with Gasteiger partial charge in [0.15, 0.2) is 0 Å². The van der Waals surface area contributed by atoms with E-state index in [0.29, 0.717) is 19.6 Å². The van der Waals surface area contributed by atoms with Crippen LogP contribution in [0.5, 0.6) is 0 Å². The van der Waals surface area contributed by atoms with Crippen molar-refractivity contribution in [1.29, 1.82) is 0 Å². The summed E-state index contributed by atoms with van der Waals surface area (Å²) in [6.45, 7) is 1.81. The van der Waals surface area contributed by atoms with Crippen molar-refractivity contribution in [3.05, 3.63) is 102 Å². The maximum atomic E-state index is 12.3. The number of nitrogens with one attached hydrogen (secondary N) is 2. The highest BCUT2D eigenvalue weighted by Crippen LogP contribution is 2.12. The van der Waals surface area contributed by atoms with Crippen molar-refractivity contribution in [2.45, 2.75) is 19.6 Å². The van der Waals surface area contributed by atoms with Crippen LogP contribution < -0.4 is 10.6 Å². The summed E-state index contributed by atoms with van der Waals surface area (Å²) in [5, 5.41) is 14.2. The second kappa shape index (κ2) is 8.88. The molecule has 0 fully saturated rings. The van der Waals surface area contributed by atoms with Gasteiger partial charge < -0.3 is 10.6 Å². The van der Waals surface area contributed by atoms with E-state index in [0.717, 1.165) is 22.4 Å². The van der Waals surface area contributed by atoms with Crippen LogP contribution in [-0.4, -0.2) is 25.6 Å². The van der Waals surface area contributed by atoms with Gasteiger partial charge >= 0.3 is 6.03 Å². The van der Waals surface area contributed by atoms with Crippen molar-refractivity contribution in [3.8, 4) is 0 Å². The topological polar surface area (TPSA) is 76.8 Å². The first-order valence-electron chi connectivity index (χ1n) is 9.41. The molecular weight excluding hydrogens is 364 g/mol. The maximum Gasteiger partial charge on any atom is 0.319 e. The summed E-state index contributed by atoms with van der Waals surface area (Å²) >= 11 is 0. The van der Waals surface area contributed by atoms with Gasteiger partial charge in [-0.3, -0.25) is 9.36 Å². The minimum absolute atomic E-state index is 0.237. The lowest BCUT2D eigenvalue weighted by Gasteiger charge is -2.10. The molecule has 2 N–H and O–H groups in total. The average Bonchev–Trinajstić information content (AvgIpc) is 3.41. The van der Waals surface area contributed by atoms with Gasteiger partial charge in [-0.1, -0.05) is 36.4 Å². The number of nitrogens with zero attached hydrogens (tertiary/aromatic N) is 4. The van der Waals surface area contributed by atoms with Gasteiger partial charge in [0.1, 0.15) is 0 Å². The Kier molecular flexibility index (Phi) is 5.66. The largest absolute Gasteiger partial charge is 0.334 e. The van der Waals surface area contributed by atoms with Crippen LogP contribution in [0, 0.1) is 0 Å². The van der Waals surface area contributed by atoms with E-state index in [9.17, 15) is 4.79 Å². The molecule has 29 heavy (non-hydrogen) atoms. The number of carbonyl (C=O) groups excluding carboxylic acids is 1. The highest BCUT2D eigenvalue weighted by molar-refractivity contribution is 5.89. The number of benzene rings is 2. The van der Waals surface area contributed by atoms with Crippen LogP contribution >= 0.6 is 0 Å². The lowest BCUT2D eigenvalue weighted by molar-refractivity contribution is 0.251. The van der Waals surface area contributed by atoms with E-state index >= 15 is 0 Å². The van der Waals surface area contributed by atoms with Gasteiger partial charge in [0.2, 0.25) is 0 Å². The van der Waals surface area contributed by atoms with Crippen LogP contribution in [0.2, 0.25) is 0 Å². The molecule has 0 atom stereocenters. The molecule has 0 spiro atoms. The summed E-state index contributed by atoms with van der Waals surface area (Å²) in [5.41, 5.74) is 3.99. The molecule has 0 aliphatic heterocycles. The molecule has 0 unspecified atom stereocenters. The molecule has 0 saturated carbocycles. The van der Waals surface area contributed by atoms with Gasteiger partial charge in [0, 0.05) is 37.0 Å². The molecule has 0 saturated heterocycles. The van der Waals surface area contributed by atoms with Gasteiger partial charge in [0.05, 0.1) is 13.1 Å². The third-order valence-corrected chi connectivity index (χ3v) is 4.44. The Bertz CT molecular complexity index is 1060. The predicted octanol–water partition coefficient (Wildman–Crippen LogP) is 3.50. The van der Waals surface area contributed by atoms with E-state index in [4.69, 9.17) is 0 Å². The second-order valence-corrected chi connectivity index (χ2v) is 6.74. The van der Waals surface area contributed by atoms with Crippen LogP contribution in [0.25, 0.3) is 0 Å². The van der Waals surface area contributed by atoms with E-state index < -0.39 is 0 Å². The Morgan fingerprint density at radius 3 is 2.07 bits per heavy atom. The van der Waals surface area contributed by atoms with E-state index in [1.165, 1.54) is 0 Å². The van der Waals surface area contributed by atoms with Crippen molar-refractivity contribution in [2.75, 3.05) is 5.32 Å². The number of rotatable bonds is 7. The number of aromatic nitrogens is 4. The summed E-state index contributed by atoms with van der Waals surface area (Å²) in [4.78, 5) is 12.3. The fraction of sp³-hybridized carbons (Fsp3) is 0.136. The first kappa shape index (κ1) is 18.5. The van der Waals surface area contributed by atoms with Crippen LogP contribution in [0.3, 0.4) is 0 Å². The summed E-state index contributed by atoms with van der Waals surface area (Å²) in [6, 6.07) is 19.4. The second-order valence-electron chi connectivity index (χ2n) is 6.74. The van der Waals surface area contributed by atoms with Gasteiger partial charge in [-0.15, -0.1) is 0 Å². The zero-order valence-electron chi connectivity index (χ0n) is 15.9. The van der Waals surface area contributed by atoms with Crippen molar-refractivity contribution in [3.63, 3.8) is 0 Å². The zero-order valence-corrected chi connectivity index (χ0v) is 15.9. The molecule has 2 amide bonds. The highest BCUT2D eigenvalue weighted by Gasteiger charge is 2.04. The van der Waals surface area contributed by atoms with Crippen LogP contribution in [0.4, 0.5) is 10.5 Å². The normalized spacial score (nSPS) is 10.6. The first-order chi connectivity index (χ1) is 14.2. The van der Waals surface area contributed by atoms with E-state index in [1.54, 1.807) is 12.4 Å². The molecule has 146 valence electrons. The number of hydrogen-bond acceptors (Lipinski definition) is 3. The fourth-order valence-corrected chi connectivity index (χ4v) is 3.11. The fourth-order valence-electron chi connectivity index (χ4n) is 3.11. The summed E-state index contributed by atoms with van der Waals surface area (Å²) in [7, 11) is 0. The molecule has 4 rings (SSSR count). The quantitative estimate of drug-likeness (QED) is 0.510. The first-order valence-corrected chi connectivity index (χ1v) is 9.41. The highest BCUT2D eigenvalue weighted by atomic mass is 16.2. The molecular formula is C22H22N6O. The number of anilines is 1. The summed E-state index contributed by atoms with van der Waals surface area (Å²) < 4.78 is 3.71. The van der Waals surface area contributed by atoms with E-state index in [1.807, 2.05) is 70.3 Å². The third-order valence-electron chi connectivity index (χ3n) is 4.44. The minimum Gasteiger partial charge on any atom is -0.334 e. The van der Waals surface area contributed by atoms with Crippen LogP contribution in [-0.2, 0) is 19.6 Å². The molecule has 2 heterocycles. The van der Waals surface area contributed by atoms with Gasteiger partial charge in [0.25, 0.3) is 0 Å². The third kappa shape index (κ3) is 5.32. The van der Waals surface area contributed by atoms with Gasteiger partial charge in [-0.25, -0.2) is 4.79 Å². The predicted molar refractivity (Wildman–Crippen MR) is 111 cm³/mol. The molecule has 0 radical (unpaired) electrons. The summed E-state index contributed by atoms with van der Waals surface area (Å²) in [6.07, 6.45) is 7.35. The van der Waals surface area contributed by atoms with Crippen LogP contribution in [0.15, 0.2) is 85.5 Å². The minimum atomic E-state index is -0.237. The number of hydrogen-bond donors (Lipinski definition) is 2. The zero-order chi connectivity index (χ0) is 19.9. The number of carbonyl (C=O) groups is 1. The molecule has 0 bridgehead atoms. The van der Waals surface area contributed by atoms with E-state index in [-0.39, 0.29) is 6.03 Å². The lowest BCUT2D eigenvalue weighted by atomic mass is 10.1. The molecule has 2 aromatic carbocycles. The number of amides is 2.